The average molecular weight is 715 g/mol. The first-order valence-corrected chi connectivity index (χ1v) is 19.1. The van der Waals surface area contributed by atoms with E-state index in [0.29, 0.717) is 17.5 Å². The third kappa shape index (κ3) is 5.42. The molecule has 4 heteroatoms. The lowest BCUT2D eigenvalue weighted by molar-refractivity contribution is 1.07. The van der Waals surface area contributed by atoms with Crippen LogP contribution in [0.2, 0.25) is 0 Å². The molecular weight excluding hydrogens is 681 g/mol. The van der Waals surface area contributed by atoms with Crippen LogP contribution < -0.4 is 0 Å². The van der Waals surface area contributed by atoms with Crippen LogP contribution in [-0.4, -0.2) is 19.5 Å². The highest BCUT2D eigenvalue weighted by Gasteiger charge is 2.22. The maximum atomic E-state index is 5.05. The average Bonchev–Trinajstić information content (AvgIpc) is 3.53. The molecule has 0 fully saturated rings. The van der Waals surface area contributed by atoms with Crippen LogP contribution in [-0.2, 0) is 6.42 Å². The molecule has 0 bridgehead atoms. The second-order valence-electron chi connectivity index (χ2n) is 14.4. The van der Waals surface area contributed by atoms with E-state index in [2.05, 4.69) is 138 Å². The summed E-state index contributed by atoms with van der Waals surface area (Å²) in [4.78, 5) is 15.0. The predicted octanol–water partition coefficient (Wildman–Crippen LogP) is 12.9. The molecule has 0 spiro atoms. The first-order valence-electron chi connectivity index (χ1n) is 19.1. The number of rotatable bonds is 5. The Labute approximate surface area is 325 Å². The monoisotopic (exact) mass is 714 g/mol. The van der Waals surface area contributed by atoms with E-state index in [4.69, 9.17) is 15.0 Å². The Kier molecular flexibility index (Phi) is 7.52. The van der Waals surface area contributed by atoms with Crippen LogP contribution in [0.3, 0.4) is 0 Å². The van der Waals surface area contributed by atoms with E-state index in [-0.39, 0.29) is 0 Å². The molecule has 1 aliphatic carbocycles. The van der Waals surface area contributed by atoms with Gasteiger partial charge in [0.25, 0.3) is 0 Å². The van der Waals surface area contributed by atoms with Crippen molar-refractivity contribution in [2.24, 2.45) is 0 Å². The minimum absolute atomic E-state index is 0.658. The van der Waals surface area contributed by atoms with Gasteiger partial charge in [0.2, 0.25) is 0 Å². The molecule has 0 amide bonds. The molecule has 4 nitrogen and oxygen atoms in total. The van der Waals surface area contributed by atoms with Gasteiger partial charge in [-0.1, -0.05) is 152 Å². The summed E-state index contributed by atoms with van der Waals surface area (Å²) in [5.41, 5.74) is 16.4. The van der Waals surface area contributed by atoms with Gasteiger partial charge in [0.1, 0.15) is 0 Å². The van der Waals surface area contributed by atoms with Crippen LogP contribution in [0, 0.1) is 0 Å². The molecule has 1 aliphatic rings. The number of hydrogen-bond acceptors (Lipinski definition) is 3. The Morgan fingerprint density at radius 1 is 0.321 bits per heavy atom. The molecule has 0 saturated carbocycles. The normalized spacial score (nSPS) is 11.9. The Morgan fingerprint density at radius 2 is 0.786 bits per heavy atom. The molecular formula is C52H34N4. The van der Waals surface area contributed by atoms with E-state index < -0.39 is 0 Å². The largest absolute Gasteiger partial charge is 0.309 e. The SMILES string of the molecule is c1ccc(-c2nc(-c3ccccc3)nc(-c3ccc4c(c3)-c3ccccc3-c3cc(-c5ccc6c(c5)c5ccccc5n6-c5ccccc5)ccc3C4)n2)cc1. The first-order chi connectivity index (χ1) is 27.7. The van der Waals surface area contributed by atoms with Crippen LogP contribution in [0.5, 0.6) is 0 Å². The lowest BCUT2D eigenvalue weighted by Gasteiger charge is -2.13. The predicted molar refractivity (Wildman–Crippen MR) is 230 cm³/mol. The molecule has 56 heavy (non-hydrogen) atoms. The third-order valence-electron chi connectivity index (χ3n) is 11.1. The quantitative estimate of drug-likeness (QED) is 0.178. The van der Waals surface area contributed by atoms with Crippen molar-refractivity contribution in [3.8, 4) is 73.2 Å². The molecule has 0 N–H and O–H groups in total. The minimum Gasteiger partial charge on any atom is -0.309 e. The van der Waals surface area contributed by atoms with Gasteiger partial charge in [0.05, 0.1) is 11.0 Å². The highest BCUT2D eigenvalue weighted by Crippen LogP contribution is 2.44. The van der Waals surface area contributed by atoms with Gasteiger partial charge in [-0.3, -0.25) is 0 Å². The van der Waals surface area contributed by atoms with Gasteiger partial charge in [-0.25, -0.2) is 15.0 Å². The summed E-state index contributed by atoms with van der Waals surface area (Å²) in [6.07, 6.45) is 0.825. The van der Waals surface area contributed by atoms with Crippen LogP contribution in [0.1, 0.15) is 11.1 Å². The van der Waals surface area contributed by atoms with Gasteiger partial charge in [0.15, 0.2) is 17.5 Å². The number of aromatic nitrogens is 4. The standard InChI is InChI=1S/C52H34N4/c1-4-14-34(15-5-1)50-53-51(35-16-6-2-7-17-35)55-52(54-50)40-27-26-39-30-38-25-24-36(31-45(38)42-20-10-11-21-43(42)46(39)33-40)37-28-29-49-47(32-37)44-22-12-13-23-48(44)56(49)41-18-8-3-9-19-41/h1-29,31-33H,30H2. The van der Waals surface area contributed by atoms with E-state index >= 15 is 0 Å². The number of nitrogens with zero attached hydrogens (tertiary/aromatic N) is 4. The molecule has 2 heterocycles. The van der Waals surface area contributed by atoms with Gasteiger partial charge >= 0.3 is 0 Å². The van der Waals surface area contributed by atoms with Gasteiger partial charge in [-0.05, 0) is 93.4 Å². The van der Waals surface area contributed by atoms with E-state index in [0.717, 1.165) is 23.1 Å². The molecule has 0 radical (unpaired) electrons. The highest BCUT2D eigenvalue weighted by molar-refractivity contribution is 6.10. The van der Waals surface area contributed by atoms with E-state index in [1.54, 1.807) is 0 Å². The Hall–Kier alpha value is -7.43. The van der Waals surface area contributed by atoms with Crippen molar-refractivity contribution in [3.05, 3.63) is 205 Å². The topological polar surface area (TPSA) is 43.6 Å². The summed E-state index contributed by atoms with van der Waals surface area (Å²) >= 11 is 0. The lowest BCUT2D eigenvalue weighted by Crippen LogP contribution is -2.00. The number of fused-ring (bicyclic) bond motifs is 8. The fourth-order valence-corrected chi connectivity index (χ4v) is 8.38. The highest BCUT2D eigenvalue weighted by atomic mass is 15.0. The molecule has 0 aliphatic heterocycles. The summed E-state index contributed by atoms with van der Waals surface area (Å²) in [6, 6.07) is 69.1. The van der Waals surface area contributed by atoms with Crippen molar-refractivity contribution in [2.75, 3.05) is 0 Å². The second kappa shape index (κ2) is 13.2. The van der Waals surface area contributed by atoms with Gasteiger partial charge in [0, 0.05) is 33.2 Å². The fourth-order valence-electron chi connectivity index (χ4n) is 8.38. The summed E-state index contributed by atoms with van der Waals surface area (Å²) in [6.45, 7) is 0. The molecule has 10 aromatic rings. The molecule has 2 aromatic heterocycles. The van der Waals surface area contributed by atoms with E-state index in [9.17, 15) is 0 Å². The summed E-state index contributed by atoms with van der Waals surface area (Å²) < 4.78 is 2.37. The first kappa shape index (κ1) is 32.0. The molecule has 0 atom stereocenters. The van der Waals surface area contributed by atoms with E-state index in [1.807, 2.05) is 60.7 Å². The van der Waals surface area contributed by atoms with Crippen LogP contribution in [0.4, 0.5) is 0 Å². The zero-order valence-corrected chi connectivity index (χ0v) is 30.5. The minimum atomic E-state index is 0.658. The summed E-state index contributed by atoms with van der Waals surface area (Å²) in [5.74, 6) is 1.98. The van der Waals surface area contributed by atoms with Crippen molar-refractivity contribution in [2.45, 2.75) is 6.42 Å². The Bertz CT molecular complexity index is 3040. The van der Waals surface area contributed by atoms with Crippen LogP contribution >= 0.6 is 0 Å². The third-order valence-corrected chi connectivity index (χ3v) is 11.1. The Balaban J connectivity index is 1.03. The lowest BCUT2D eigenvalue weighted by atomic mass is 9.91. The Morgan fingerprint density at radius 3 is 1.43 bits per heavy atom. The second-order valence-corrected chi connectivity index (χ2v) is 14.4. The fraction of sp³-hybridized carbons (Fsp3) is 0.0192. The van der Waals surface area contributed by atoms with Crippen molar-refractivity contribution >= 4 is 21.8 Å². The molecule has 262 valence electrons. The number of benzene rings is 8. The zero-order valence-electron chi connectivity index (χ0n) is 30.5. The van der Waals surface area contributed by atoms with E-state index in [1.165, 1.54) is 72.0 Å². The number of hydrogen-bond donors (Lipinski definition) is 0. The van der Waals surface area contributed by atoms with Crippen molar-refractivity contribution in [1.82, 2.24) is 19.5 Å². The van der Waals surface area contributed by atoms with Crippen LogP contribution in [0.25, 0.3) is 95.0 Å². The van der Waals surface area contributed by atoms with Gasteiger partial charge < -0.3 is 4.57 Å². The van der Waals surface area contributed by atoms with Gasteiger partial charge in [-0.2, -0.15) is 0 Å². The van der Waals surface area contributed by atoms with Crippen molar-refractivity contribution in [3.63, 3.8) is 0 Å². The smallest absolute Gasteiger partial charge is 0.164 e. The molecule has 11 rings (SSSR count). The maximum Gasteiger partial charge on any atom is 0.164 e. The molecule has 0 unspecified atom stereocenters. The maximum absolute atomic E-state index is 5.05. The number of para-hydroxylation sites is 2. The van der Waals surface area contributed by atoms with Crippen molar-refractivity contribution in [1.29, 1.82) is 0 Å². The zero-order chi connectivity index (χ0) is 37.0. The van der Waals surface area contributed by atoms with Crippen molar-refractivity contribution < 1.29 is 0 Å². The molecule has 8 aromatic carbocycles. The molecule has 0 saturated heterocycles. The summed E-state index contributed by atoms with van der Waals surface area (Å²) in [5, 5.41) is 2.51. The summed E-state index contributed by atoms with van der Waals surface area (Å²) in [7, 11) is 0. The van der Waals surface area contributed by atoms with Gasteiger partial charge in [-0.15, -0.1) is 0 Å². The van der Waals surface area contributed by atoms with Crippen LogP contribution in [0.15, 0.2) is 194 Å².